The number of H-pyrrole nitrogens is 1. The Hall–Kier alpha value is -2.96. The van der Waals surface area contributed by atoms with Gasteiger partial charge in [0, 0.05) is 37.6 Å². The monoisotopic (exact) mass is 394 g/mol. The van der Waals surface area contributed by atoms with Gasteiger partial charge < -0.3 is 24.4 Å². The Kier molecular flexibility index (Phi) is 3.91. The third-order valence-electron chi connectivity index (χ3n) is 6.39. The molecule has 0 aliphatic carbocycles. The van der Waals surface area contributed by atoms with Crippen LogP contribution in [-0.2, 0) is 10.2 Å². The smallest absolute Gasteiger partial charge is 0.270 e. The summed E-state index contributed by atoms with van der Waals surface area (Å²) in [6.07, 6.45) is 2.12. The number of hydrogen-bond donors (Lipinski definition) is 1. The third-order valence-corrected chi connectivity index (χ3v) is 6.39. The molecule has 5 rings (SSSR count). The Labute approximate surface area is 170 Å². The highest BCUT2D eigenvalue weighted by Gasteiger charge is 2.42. The van der Waals surface area contributed by atoms with Gasteiger partial charge in [-0.05, 0) is 50.5 Å². The average molecular weight is 394 g/mol. The fourth-order valence-corrected chi connectivity index (χ4v) is 4.69. The molecule has 7 nitrogen and oxygen atoms in total. The number of rotatable bonds is 2. The zero-order valence-electron chi connectivity index (χ0n) is 17.1. The minimum absolute atomic E-state index is 0.0303. The SMILES string of the molecule is CN1C(=O)C(C)(C)c2cc(N3CCOc4cc(C(=O)N5CCCC5)[nH]c43)ccc21. The number of fused-ring (bicyclic) bond motifs is 2. The number of anilines is 3. The molecule has 0 radical (unpaired) electrons. The predicted octanol–water partition coefficient (Wildman–Crippen LogP) is 3.04. The van der Waals surface area contributed by atoms with E-state index in [1.165, 1.54) is 0 Å². The van der Waals surface area contributed by atoms with Crippen LogP contribution in [0.5, 0.6) is 5.75 Å². The largest absolute Gasteiger partial charge is 0.488 e. The highest BCUT2D eigenvalue weighted by Crippen LogP contribution is 2.44. The Bertz CT molecular complexity index is 1000. The number of amides is 2. The van der Waals surface area contributed by atoms with Crippen molar-refractivity contribution in [3.8, 4) is 5.75 Å². The van der Waals surface area contributed by atoms with Crippen molar-refractivity contribution >= 4 is 29.0 Å². The van der Waals surface area contributed by atoms with Crippen molar-refractivity contribution in [2.24, 2.45) is 0 Å². The molecule has 29 heavy (non-hydrogen) atoms. The van der Waals surface area contributed by atoms with Gasteiger partial charge in [-0.2, -0.15) is 0 Å². The predicted molar refractivity (Wildman–Crippen MR) is 111 cm³/mol. The van der Waals surface area contributed by atoms with Crippen LogP contribution < -0.4 is 14.5 Å². The van der Waals surface area contributed by atoms with Crippen LogP contribution in [0.25, 0.3) is 0 Å². The summed E-state index contributed by atoms with van der Waals surface area (Å²) >= 11 is 0. The van der Waals surface area contributed by atoms with Gasteiger partial charge in [0.15, 0.2) is 11.6 Å². The lowest BCUT2D eigenvalue weighted by atomic mass is 9.86. The molecule has 0 atom stereocenters. The fourth-order valence-electron chi connectivity index (χ4n) is 4.69. The molecule has 2 amide bonds. The summed E-state index contributed by atoms with van der Waals surface area (Å²) in [5.74, 6) is 1.63. The number of likely N-dealkylation sites (N-methyl/N-ethyl adjacent to an activating group) is 1. The Morgan fingerprint density at radius 1 is 1.14 bits per heavy atom. The van der Waals surface area contributed by atoms with Crippen molar-refractivity contribution in [2.75, 3.05) is 43.1 Å². The van der Waals surface area contributed by atoms with Gasteiger partial charge in [0.25, 0.3) is 5.91 Å². The quantitative estimate of drug-likeness (QED) is 0.850. The summed E-state index contributed by atoms with van der Waals surface area (Å²) in [6.45, 7) is 6.78. The maximum Gasteiger partial charge on any atom is 0.270 e. The molecule has 3 aliphatic rings. The number of nitrogens with zero attached hydrogens (tertiary/aromatic N) is 3. The van der Waals surface area contributed by atoms with Crippen molar-refractivity contribution in [2.45, 2.75) is 32.1 Å². The summed E-state index contributed by atoms with van der Waals surface area (Å²) in [4.78, 5) is 34.5. The van der Waals surface area contributed by atoms with Crippen LogP contribution >= 0.6 is 0 Å². The number of aromatic nitrogens is 1. The molecular formula is C22H26N4O3. The average Bonchev–Trinajstić information content (AvgIpc) is 3.43. The number of nitrogens with one attached hydrogen (secondary N) is 1. The van der Waals surface area contributed by atoms with Crippen LogP contribution in [0.1, 0.15) is 42.7 Å². The first-order valence-corrected chi connectivity index (χ1v) is 10.2. The number of hydrogen-bond acceptors (Lipinski definition) is 4. The Morgan fingerprint density at radius 2 is 1.90 bits per heavy atom. The van der Waals surface area contributed by atoms with Gasteiger partial charge in [-0.3, -0.25) is 9.59 Å². The highest BCUT2D eigenvalue weighted by atomic mass is 16.5. The molecule has 1 saturated heterocycles. The normalized spacial score (nSPS) is 20.0. The van der Waals surface area contributed by atoms with Gasteiger partial charge in [-0.1, -0.05) is 0 Å². The zero-order valence-corrected chi connectivity index (χ0v) is 17.1. The second-order valence-corrected chi connectivity index (χ2v) is 8.59. The first kappa shape index (κ1) is 18.1. The van der Waals surface area contributed by atoms with Crippen LogP contribution in [-0.4, -0.2) is 55.0 Å². The number of carbonyl (C=O) groups is 2. The van der Waals surface area contributed by atoms with E-state index in [-0.39, 0.29) is 11.8 Å². The molecule has 2 aromatic rings. The lowest BCUT2D eigenvalue weighted by Crippen LogP contribution is -2.33. The summed E-state index contributed by atoms with van der Waals surface area (Å²) in [5.41, 5.74) is 2.98. The molecular weight excluding hydrogens is 368 g/mol. The molecule has 1 fully saturated rings. The molecule has 1 aromatic heterocycles. The molecule has 152 valence electrons. The van der Waals surface area contributed by atoms with Crippen LogP contribution in [0.15, 0.2) is 24.3 Å². The number of carbonyl (C=O) groups excluding carboxylic acids is 2. The third kappa shape index (κ3) is 2.63. The second kappa shape index (κ2) is 6.27. The molecule has 3 aliphatic heterocycles. The van der Waals surface area contributed by atoms with Crippen molar-refractivity contribution < 1.29 is 14.3 Å². The second-order valence-electron chi connectivity index (χ2n) is 8.59. The van der Waals surface area contributed by atoms with E-state index < -0.39 is 5.41 Å². The minimum Gasteiger partial charge on any atom is -0.488 e. The minimum atomic E-state index is -0.554. The van der Waals surface area contributed by atoms with Crippen molar-refractivity contribution in [1.29, 1.82) is 0 Å². The first-order valence-electron chi connectivity index (χ1n) is 10.2. The molecule has 0 saturated carbocycles. The first-order chi connectivity index (χ1) is 13.9. The van der Waals surface area contributed by atoms with E-state index in [1.807, 2.05) is 44.0 Å². The Balaban J connectivity index is 1.51. The van der Waals surface area contributed by atoms with E-state index in [1.54, 1.807) is 4.90 Å². The van der Waals surface area contributed by atoms with E-state index in [0.717, 1.165) is 48.7 Å². The summed E-state index contributed by atoms with van der Waals surface area (Å²) in [7, 11) is 1.82. The van der Waals surface area contributed by atoms with Gasteiger partial charge in [0.05, 0.1) is 12.0 Å². The fraction of sp³-hybridized carbons (Fsp3) is 0.455. The lowest BCUT2D eigenvalue weighted by Gasteiger charge is -2.29. The molecule has 1 N–H and O–H groups in total. The maximum absolute atomic E-state index is 12.8. The number of likely N-dealkylation sites (tertiary alicyclic amines) is 1. The van der Waals surface area contributed by atoms with Crippen LogP contribution in [0.4, 0.5) is 17.2 Å². The highest BCUT2D eigenvalue weighted by molar-refractivity contribution is 6.07. The van der Waals surface area contributed by atoms with Gasteiger partial charge in [0.1, 0.15) is 12.3 Å². The van der Waals surface area contributed by atoms with Crippen molar-refractivity contribution in [1.82, 2.24) is 9.88 Å². The van der Waals surface area contributed by atoms with E-state index in [0.29, 0.717) is 24.6 Å². The summed E-state index contributed by atoms with van der Waals surface area (Å²) in [5, 5.41) is 0. The number of aromatic amines is 1. The van der Waals surface area contributed by atoms with Gasteiger partial charge in [0.2, 0.25) is 5.91 Å². The molecule has 1 aromatic carbocycles. The van der Waals surface area contributed by atoms with Crippen molar-refractivity contribution in [3.05, 3.63) is 35.5 Å². The zero-order chi connectivity index (χ0) is 20.3. The van der Waals surface area contributed by atoms with E-state index in [4.69, 9.17) is 4.74 Å². The van der Waals surface area contributed by atoms with Crippen molar-refractivity contribution in [3.63, 3.8) is 0 Å². The maximum atomic E-state index is 12.8. The standard InChI is InChI=1S/C22H26N4O3/c1-22(2)15-12-14(6-7-17(15)24(3)21(22)28)26-10-11-29-18-13-16(23-19(18)26)20(27)25-8-4-5-9-25/h6-7,12-13,23H,4-5,8-11H2,1-3H3. The topological polar surface area (TPSA) is 68.9 Å². The summed E-state index contributed by atoms with van der Waals surface area (Å²) in [6, 6.07) is 7.94. The lowest BCUT2D eigenvalue weighted by molar-refractivity contribution is -0.121. The van der Waals surface area contributed by atoms with E-state index >= 15 is 0 Å². The Morgan fingerprint density at radius 3 is 2.66 bits per heavy atom. The van der Waals surface area contributed by atoms with Gasteiger partial charge in [-0.15, -0.1) is 0 Å². The number of benzene rings is 1. The van der Waals surface area contributed by atoms with Crippen LogP contribution in [0, 0.1) is 0 Å². The molecule has 4 heterocycles. The molecule has 7 heteroatoms. The number of ether oxygens (including phenoxy) is 1. The van der Waals surface area contributed by atoms with Gasteiger partial charge >= 0.3 is 0 Å². The molecule has 0 bridgehead atoms. The molecule has 0 unspecified atom stereocenters. The van der Waals surface area contributed by atoms with E-state index in [9.17, 15) is 9.59 Å². The molecule has 0 spiro atoms. The van der Waals surface area contributed by atoms with Gasteiger partial charge in [-0.25, -0.2) is 0 Å². The summed E-state index contributed by atoms with van der Waals surface area (Å²) < 4.78 is 5.83. The van der Waals surface area contributed by atoms with Crippen LogP contribution in [0.3, 0.4) is 0 Å². The van der Waals surface area contributed by atoms with E-state index in [2.05, 4.69) is 16.0 Å². The van der Waals surface area contributed by atoms with Crippen LogP contribution in [0.2, 0.25) is 0 Å².